The van der Waals surface area contributed by atoms with Gasteiger partial charge in [0.2, 0.25) is 0 Å². The van der Waals surface area contributed by atoms with Gasteiger partial charge in [-0.2, -0.15) is 0 Å². The molecule has 0 heterocycles. The van der Waals surface area contributed by atoms with Crippen LogP contribution in [0, 0.1) is 0 Å². The molecule has 0 radical (unpaired) electrons. The second kappa shape index (κ2) is 9.37. The third-order valence-electron chi connectivity index (χ3n) is 5.92. The largest absolute Gasteiger partial charge is 0.298 e. The summed E-state index contributed by atoms with van der Waals surface area (Å²) < 4.78 is 0. The first-order valence-electron chi connectivity index (χ1n) is 10.4. The Kier molecular flexibility index (Phi) is 6.18. The molecule has 0 bridgehead atoms. The molecule has 0 spiro atoms. The highest BCUT2D eigenvalue weighted by atomic mass is 16.1. The lowest BCUT2D eigenvalue weighted by molar-refractivity contribution is 0.111. The molecule has 0 atom stereocenters. The zero-order valence-corrected chi connectivity index (χ0v) is 17.7. The van der Waals surface area contributed by atoms with E-state index in [0.29, 0.717) is 22.3 Å². The Hall–Kier alpha value is -4.44. The lowest BCUT2D eigenvalue weighted by Crippen LogP contribution is -2.31. The second-order valence-corrected chi connectivity index (χ2v) is 7.71. The number of hydrogen-bond acceptors (Lipinski definition) is 4. The van der Waals surface area contributed by atoms with Crippen molar-refractivity contribution in [2.45, 2.75) is 5.41 Å². The van der Waals surface area contributed by atoms with Crippen LogP contribution in [0.4, 0.5) is 0 Å². The van der Waals surface area contributed by atoms with Crippen LogP contribution in [0.5, 0.6) is 0 Å². The topological polar surface area (TPSA) is 68.3 Å². The normalized spacial score (nSPS) is 10.9. The molecule has 4 nitrogen and oxygen atoms in total. The third kappa shape index (κ3) is 3.94. The molecule has 4 rings (SSSR count). The average molecular weight is 432 g/mol. The number of carbonyl (C=O) groups excluding carboxylic acids is 4. The van der Waals surface area contributed by atoms with Crippen LogP contribution in [0.1, 0.15) is 63.7 Å². The van der Waals surface area contributed by atoms with Crippen molar-refractivity contribution in [3.63, 3.8) is 0 Å². The molecule has 33 heavy (non-hydrogen) atoms. The molecule has 0 saturated carbocycles. The number of carbonyl (C=O) groups is 4. The molecule has 0 unspecified atom stereocenters. The molecule has 4 aromatic carbocycles. The van der Waals surface area contributed by atoms with Crippen molar-refractivity contribution in [2.24, 2.45) is 0 Å². The Bertz CT molecular complexity index is 1070. The number of benzene rings is 4. The van der Waals surface area contributed by atoms with Gasteiger partial charge in [-0.1, -0.05) is 97.1 Å². The summed E-state index contributed by atoms with van der Waals surface area (Å²) in [5.74, 6) is 0. The van der Waals surface area contributed by atoms with Gasteiger partial charge in [0.25, 0.3) is 0 Å². The molecular weight excluding hydrogens is 412 g/mol. The van der Waals surface area contributed by atoms with Crippen LogP contribution in [0.25, 0.3) is 0 Å². The van der Waals surface area contributed by atoms with E-state index in [-0.39, 0.29) is 0 Å². The minimum atomic E-state index is -0.828. The minimum absolute atomic E-state index is 0.552. The van der Waals surface area contributed by atoms with E-state index in [9.17, 15) is 19.2 Å². The van der Waals surface area contributed by atoms with Crippen molar-refractivity contribution in [3.05, 3.63) is 142 Å². The number of hydrogen-bond donors (Lipinski definition) is 0. The monoisotopic (exact) mass is 432 g/mol. The highest BCUT2D eigenvalue weighted by Crippen LogP contribution is 2.45. The molecule has 4 heteroatoms. The van der Waals surface area contributed by atoms with Crippen LogP contribution >= 0.6 is 0 Å². The van der Waals surface area contributed by atoms with Crippen LogP contribution in [0.15, 0.2) is 97.1 Å². The highest BCUT2D eigenvalue weighted by Gasteiger charge is 2.38. The number of aldehydes is 4. The van der Waals surface area contributed by atoms with Crippen LogP contribution in [0.2, 0.25) is 0 Å². The predicted molar refractivity (Wildman–Crippen MR) is 126 cm³/mol. The average Bonchev–Trinajstić information content (AvgIpc) is 2.90. The van der Waals surface area contributed by atoms with Gasteiger partial charge in [-0.25, -0.2) is 0 Å². The SMILES string of the molecule is O=Cc1ccc(C(c2ccc(C=O)cc2)(c2ccc(C=O)cc2)c2ccc(C=O)cc2)cc1. The van der Waals surface area contributed by atoms with E-state index in [1.54, 1.807) is 48.5 Å². The standard InChI is InChI=1S/C29H20O4/c30-17-21-1-9-25(10-2-21)29(26-11-3-22(18-31)4-12-26,27-13-5-23(19-32)6-14-27)28-15-7-24(20-33)8-16-28/h1-20H. The summed E-state index contributed by atoms with van der Waals surface area (Å²) in [6.07, 6.45) is 3.17. The van der Waals surface area contributed by atoms with E-state index in [0.717, 1.165) is 47.4 Å². The van der Waals surface area contributed by atoms with Gasteiger partial charge >= 0.3 is 0 Å². The maximum Gasteiger partial charge on any atom is 0.150 e. The lowest BCUT2D eigenvalue weighted by atomic mass is 9.65. The van der Waals surface area contributed by atoms with E-state index in [1.165, 1.54) is 0 Å². The fourth-order valence-corrected chi connectivity index (χ4v) is 4.25. The Morgan fingerprint density at radius 2 is 0.515 bits per heavy atom. The van der Waals surface area contributed by atoms with Gasteiger partial charge in [0.05, 0.1) is 5.41 Å². The summed E-state index contributed by atoms with van der Waals surface area (Å²) in [6, 6.07) is 29.3. The molecule has 0 N–H and O–H groups in total. The van der Waals surface area contributed by atoms with Crippen molar-refractivity contribution in [2.75, 3.05) is 0 Å². The molecule has 0 saturated heterocycles. The molecule has 0 amide bonds. The Morgan fingerprint density at radius 3 is 0.667 bits per heavy atom. The summed E-state index contributed by atoms with van der Waals surface area (Å²) in [4.78, 5) is 45.2. The first-order valence-corrected chi connectivity index (χ1v) is 10.4. The summed E-state index contributed by atoms with van der Waals surface area (Å²) >= 11 is 0. The predicted octanol–water partition coefficient (Wildman–Crippen LogP) is 5.32. The maximum atomic E-state index is 11.3. The first-order chi connectivity index (χ1) is 16.1. The molecular formula is C29H20O4. The van der Waals surface area contributed by atoms with E-state index < -0.39 is 5.41 Å². The fourth-order valence-electron chi connectivity index (χ4n) is 4.25. The Balaban J connectivity index is 2.09. The van der Waals surface area contributed by atoms with E-state index >= 15 is 0 Å². The second-order valence-electron chi connectivity index (χ2n) is 7.71. The highest BCUT2D eigenvalue weighted by molar-refractivity contribution is 5.78. The molecule has 0 aliphatic heterocycles. The summed E-state index contributed by atoms with van der Waals surface area (Å²) in [7, 11) is 0. The molecule has 0 fully saturated rings. The fraction of sp³-hybridized carbons (Fsp3) is 0.0345. The Morgan fingerprint density at radius 1 is 0.333 bits per heavy atom. The molecule has 4 aromatic rings. The van der Waals surface area contributed by atoms with Gasteiger partial charge in [0.1, 0.15) is 25.1 Å². The molecule has 160 valence electrons. The smallest absolute Gasteiger partial charge is 0.150 e. The number of rotatable bonds is 8. The zero-order chi connectivity index (χ0) is 23.3. The maximum absolute atomic E-state index is 11.3. The van der Waals surface area contributed by atoms with E-state index in [1.807, 2.05) is 48.5 Å². The quantitative estimate of drug-likeness (QED) is 0.279. The van der Waals surface area contributed by atoms with Gasteiger partial charge in [-0.15, -0.1) is 0 Å². The molecule has 0 aromatic heterocycles. The van der Waals surface area contributed by atoms with Crippen LogP contribution < -0.4 is 0 Å². The Labute approximate surface area is 191 Å². The summed E-state index contributed by atoms with van der Waals surface area (Å²) in [6.45, 7) is 0. The van der Waals surface area contributed by atoms with Crippen molar-refractivity contribution < 1.29 is 19.2 Å². The minimum Gasteiger partial charge on any atom is -0.298 e. The molecule has 0 aliphatic rings. The van der Waals surface area contributed by atoms with Crippen LogP contribution in [-0.4, -0.2) is 25.1 Å². The summed E-state index contributed by atoms with van der Waals surface area (Å²) in [5.41, 5.74) is 4.95. The van der Waals surface area contributed by atoms with E-state index in [4.69, 9.17) is 0 Å². The van der Waals surface area contributed by atoms with Crippen molar-refractivity contribution in [1.82, 2.24) is 0 Å². The van der Waals surface area contributed by atoms with Gasteiger partial charge in [0, 0.05) is 22.3 Å². The van der Waals surface area contributed by atoms with Gasteiger partial charge < -0.3 is 0 Å². The van der Waals surface area contributed by atoms with Crippen molar-refractivity contribution >= 4 is 25.1 Å². The first kappa shape index (κ1) is 21.8. The molecule has 0 aliphatic carbocycles. The lowest BCUT2D eigenvalue weighted by Gasteiger charge is -2.37. The zero-order valence-electron chi connectivity index (χ0n) is 17.7. The third-order valence-corrected chi connectivity index (χ3v) is 5.92. The van der Waals surface area contributed by atoms with Crippen molar-refractivity contribution in [3.8, 4) is 0 Å². The van der Waals surface area contributed by atoms with Gasteiger partial charge in [-0.05, 0) is 22.3 Å². The van der Waals surface area contributed by atoms with E-state index in [2.05, 4.69) is 0 Å². The van der Waals surface area contributed by atoms with Gasteiger partial charge in [0.15, 0.2) is 0 Å². The van der Waals surface area contributed by atoms with Crippen LogP contribution in [-0.2, 0) is 5.41 Å². The van der Waals surface area contributed by atoms with Gasteiger partial charge in [-0.3, -0.25) is 19.2 Å². The van der Waals surface area contributed by atoms with Crippen LogP contribution in [0.3, 0.4) is 0 Å². The summed E-state index contributed by atoms with van der Waals surface area (Å²) in [5, 5.41) is 0. The van der Waals surface area contributed by atoms with Crippen molar-refractivity contribution in [1.29, 1.82) is 0 Å².